The van der Waals surface area contributed by atoms with Crippen molar-refractivity contribution in [2.45, 2.75) is 64.7 Å². The molecule has 0 aliphatic heterocycles. The zero-order valence-electron chi connectivity index (χ0n) is 28.0. The summed E-state index contributed by atoms with van der Waals surface area (Å²) < 4.78 is 43.5. The van der Waals surface area contributed by atoms with E-state index in [1.54, 1.807) is 6.92 Å². The van der Waals surface area contributed by atoms with Crippen LogP contribution >= 0.6 is 6.83 Å². The van der Waals surface area contributed by atoms with Crippen LogP contribution in [0, 0.1) is 6.92 Å². The van der Waals surface area contributed by atoms with Gasteiger partial charge < -0.3 is 19.7 Å². The molecule has 0 aromatic heterocycles. The summed E-state index contributed by atoms with van der Waals surface area (Å²) in [5.41, 5.74) is 1.30. The van der Waals surface area contributed by atoms with Crippen molar-refractivity contribution in [1.82, 2.24) is 0 Å². The van der Waals surface area contributed by atoms with E-state index in [2.05, 4.69) is 0 Å². The summed E-state index contributed by atoms with van der Waals surface area (Å²) in [5, 5.41) is 24.0. The molecular formula is C38H49O7PS. The van der Waals surface area contributed by atoms with Crippen LogP contribution in [0.1, 0.15) is 62.5 Å². The monoisotopic (exact) mass is 680 g/mol. The zero-order chi connectivity index (χ0) is 33.9. The van der Waals surface area contributed by atoms with E-state index < -0.39 is 16.9 Å². The fourth-order valence-electron chi connectivity index (χ4n) is 6.83. The second-order valence-corrected chi connectivity index (χ2v) is 18.6. The molecule has 0 spiro atoms. The van der Waals surface area contributed by atoms with Crippen molar-refractivity contribution in [3.05, 3.63) is 102 Å². The van der Waals surface area contributed by atoms with Gasteiger partial charge in [-0.1, -0.05) is 0 Å². The number of benzene rings is 4. The molecule has 0 unspecified atom stereocenters. The number of phenolic OH excluding ortho intramolecular Hbond substituents is 2. The van der Waals surface area contributed by atoms with Gasteiger partial charge in [0.1, 0.15) is 0 Å². The molecule has 0 fully saturated rings. The minimum absolute atomic E-state index is 0.000412. The number of ether oxygens (including phenoxy) is 2. The van der Waals surface area contributed by atoms with Gasteiger partial charge in [0, 0.05) is 0 Å². The summed E-state index contributed by atoms with van der Waals surface area (Å²) in [6.45, 7) is -2.14. The fourth-order valence-corrected chi connectivity index (χ4v) is 15.5. The second-order valence-electron chi connectivity index (χ2n) is 12.2. The average Bonchev–Trinajstić information content (AvgIpc) is 3.08. The van der Waals surface area contributed by atoms with Crippen LogP contribution in [0.4, 0.5) is 0 Å². The van der Waals surface area contributed by atoms with Crippen molar-refractivity contribution in [2.24, 2.45) is 0 Å². The van der Waals surface area contributed by atoms with Crippen molar-refractivity contribution >= 4 is 32.9 Å². The van der Waals surface area contributed by atoms with E-state index >= 15 is 0 Å². The first kappa shape index (κ1) is 36.3. The van der Waals surface area contributed by atoms with Gasteiger partial charge in [-0.15, -0.1) is 0 Å². The maximum absolute atomic E-state index is 13.2. The third-order valence-electron chi connectivity index (χ3n) is 9.11. The van der Waals surface area contributed by atoms with Crippen LogP contribution < -0.4 is 25.4 Å². The molecule has 2 N–H and O–H groups in total. The molecule has 7 nitrogen and oxygen atoms in total. The molecule has 0 amide bonds. The number of phenols is 2. The Kier molecular flexibility index (Phi) is 12.4. The molecule has 9 heteroatoms. The molecule has 0 aliphatic rings. The summed E-state index contributed by atoms with van der Waals surface area (Å²) in [6, 6.07) is 29.8. The van der Waals surface area contributed by atoms with Crippen LogP contribution in [0.2, 0.25) is 0 Å². The Labute approximate surface area is 280 Å². The molecule has 0 saturated heterocycles. The molecule has 0 radical (unpaired) electrons. The Morgan fingerprint density at radius 2 is 0.979 bits per heavy atom. The van der Waals surface area contributed by atoms with Crippen molar-refractivity contribution in [3.63, 3.8) is 0 Å². The summed E-state index contributed by atoms with van der Waals surface area (Å²) in [7, 11) is -0.983. The third-order valence-corrected chi connectivity index (χ3v) is 16.8. The number of methoxy groups -OCH3 is 2. The first-order valence-corrected chi connectivity index (χ1v) is 20.5. The number of hydrogen-bond donors (Lipinski definition) is 2. The molecule has 0 atom stereocenters. The molecule has 47 heavy (non-hydrogen) atoms. The van der Waals surface area contributed by atoms with Gasteiger partial charge in [-0.3, -0.25) is 0 Å². The van der Waals surface area contributed by atoms with Gasteiger partial charge in [0.05, 0.1) is 14.2 Å². The average molecular weight is 681 g/mol. The summed E-state index contributed by atoms with van der Waals surface area (Å²) in [4.78, 5) is 0. The molecule has 4 rings (SSSR count). The summed E-state index contributed by atoms with van der Waals surface area (Å²) in [6.07, 6.45) is 10.3. The van der Waals surface area contributed by atoms with Crippen LogP contribution in [0.25, 0.3) is 0 Å². The third kappa shape index (κ3) is 7.77. The summed E-state index contributed by atoms with van der Waals surface area (Å²) in [5.74, 6) is 0.335. The molecule has 0 aliphatic carbocycles. The SMILES string of the molecule is COc1c(O)c(C)c(CCCCCCCCCCP(OS(C)(=O)=O)(c2ccccc2)(c2ccccc2)c2ccccc2)c(O)c1OC. The van der Waals surface area contributed by atoms with Gasteiger partial charge in [-0.05, 0) is 6.92 Å². The van der Waals surface area contributed by atoms with Crippen LogP contribution in [-0.2, 0) is 20.5 Å². The van der Waals surface area contributed by atoms with Gasteiger partial charge in [-0.25, -0.2) is 0 Å². The minimum atomic E-state index is -3.92. The normalized spacial score (nSPS) is 12.7. The van der Waals surface area contributed by atoms with E-state index in [-0.39, 0.29) is 23.0 Å². The summed E-state index contributed by atoms with van der Waals surface area (Å²) >= 11 is 0. The Morgan fingerprint density at radius 3 is 1.38 bits per heavy atom. The van der Waals surface area contributed by atoms with E-state index in [0.29, 0.717) is 23.7 Å². The van der Waals surface area contributed by atoms with Crippen molar-refractivity contribution in [2.75, 3.05) is 26.6 Å². The number of rotatable bonds is 18. The Morgan fingerprint density at radius 1 is 0.596 bits per heavy atom. The molecule has 4 aromatic carbocycles. The smallest absolute Gasteiger partial charge is 0.504 e. The van der Waals surface area contributed by atoms with Crippen molar-refractivity contribution in [1.29, 1.82) is 0 Å². The van der Waals surface area contributed by atoms with E-state index in [1.807, 2.05) is 91.0 Å². The quantitative estimate of drug-likeness (QED) is 0.0637. The molecule has 0 heterocycles. The topological polar surface area (TPSA) is 102 Å². The standard InChI is InChI=1S/C38H49O7PS/c1-30-34(36(40)38(44-3)37(43-2)35(30)39)28-20-9-7-5-6-8-10-21-29-46(45-47(4,41)42,31-22-14-11-15-23-31,32-24-16-12-17-25-32)33-26-18-13-19-27-33/h11-19,22-27,39-40H,5-10,20-21,28-29H2,1-4H3. The number of aromatic hydroxyl groups is 2. The van der Waals surface area contributed by atoms with Gasteiger partial charge in [0.25, 0.3) is 0 Å². The van der Waals surface area contributed by atoms with Gasteiger partial charge in [-0.2, -0.15) is 0 Å². The van der Waals surface area contributed by atoms with E-state index in [9.17, 15) is 18.6 Å². The van der Waals surface area contributed by atoms with Crippen LogP contribution in [0.3, 0.4) is 0 Å². The predicted octanol–water partition coefficient (Wildman–Crippen LogP) is 7.51. The molecule has 0 saturated carbocycles. The molecule has 254 valence electrons. The maximum atomic E-state index is 13.2. The zero-order valence-corrected chi connectivity index (χ0v) is 29.7. The Balaban J connectivity index is 1.43. The van der Waals surface area contributed by atoms with E-state index in [1.165, 1.54) is 20.5 Å². The first-order valence-electron chi connectivity index (χ1n) is 16.3. The van der Waals surface area contributed by atoms with Gasteiger partial charge in [0.2, 0.25) is 11.5 Å². The number of unbranched alkanes of at least 4 members (excludes halogenated alkanes) is 7. The van der Waals surface area contributed by atoms with E-state index in [4.69, 9.17) is 13.4 Å². The van der Waals surface area contributed by atoms with Crippen molar-refractivity contribution < 1.29 is 32.1 Å². The van der Waals surface area contributed by atoms with Crippen LogP contribution in [-0.4, -0.2) is 45.3 Å². The second kappa shape index (κ2) is 16.0. The van der Waals surface area contributed by atoms with Gasteiger partial charge >= 0.3 is 223 Å². The van der Waals surface area contributed by atoms with E-state index in [0.717, 1.165) is 67.3 Å². The van der Waals surface area contributed by atoms with Crippen LogP contribution in [0.15, 0.2) is 91.0 Å². The minimum Gasteiger partial charge on any atom is -0.504 e. The first-order chi connectivity index (χ1) is 22.6. The Bertz CT molecular complexity index is 1600. The molecular weight excluding hydrogens is 631 g/mol. The fraction of sp³-hybridized carbons (Fsp3) is 0.368. The molecule has 4 aromatic rings. The van der Waals surface area contributed by atoms with Crippen molar-refractivity contribution in [3.8, 4) is 23.0 Å². The van der Waals surface area contributed by atoms with Gasteiger partial charge in [0.15, 0.2) is 5.75 Å². The Hall–Kier alpha value is -3.58. The van der Waals surface area contributed by atoms with Crippen LogP contribution in [0.5, 0.6) is 23.0 Å². The predicted molar refractivity (Wildman–Crippen MR) is 194 cm³/mol. The number of hydrogen-bond acceptors (Lipinski definition) is 7. The molecule has 0 bridgehead atoms.